The van der Waals surface area contributed by atoms with Crippen LogP contribution in [0.1, 0.15) is 31.9 Å². The number of benzene rings is 2. The average Bonchev–Trinajstić information content (AvgIpc) is 3.42. The molecule has 0 amide bonds. The van der Waals surface area contributed by atoms with Crippen LogP contribution in [0.15, 0.2) is 53.6 Å². The number of thiophene rings is 1. The van der Waals surface area contributed by atoms with Crippen molar-refractivity contribution in [2.24, 2.45) is 0 Å². The second-order valence-electron chi connectivity index (χ2n) is 7.74. The first-order valence-corrected chi connectivity index (χ1v) is 11.1. The summed E-state index contributed by atoms with van der Waals surface area (Å²) in [7, 11) is 1.63. The Morgan fingerprint density at radius 2 is 2.06 bits per heavy atom. The summed E-state index contributed by atoms with van der Waals surface area (Å²) in [6.45, 7) is 4.07. The Balaban J connectivity index is 1.41. The van der Waals surface area contributed by atoms with Crippen LogP contribution in [-0.4, -0.2) is 31.1 Å². The Morgan fingerprint density at radius 3 is 2.81 bits per heavy atom. The van der Waals surface area contributed by atoms with Gasteiger partial charge in [-0.2, -0.15) is 0 Å². The molecule has 0 fully saturated rings. The predicted molar refractivity (Wildman–Crippen MR) is 121 cm³/mol. The maximum absolute atomic E-state index is 13.1. The first-order valence-electron chi connectivity index (χ1n) is 10.2. The highest BCUT2D eigenvalue weighted by atomic mass is 32.1. The van der Waals surface area contributed by atoms with Gasteiger partial charge in [-0.05, 0) is 60.2 Å². The average molecular weight is 434 g/mol. The van der Waals surface area contributed by atoms with Crippen molar-refractivity contribution >= 4 is 23.2 Å². The normalized spacial score (nSPS) is 16.6. The van der Waals surface area contributed by atoms with Crippen LogP contribution >= 0.6 is 11.3 Å². The molecule has 5 rings (SSSR count). The third-order valence-corrected chi connectivity index (χ3v) is 6.59. The Kier molecular flexibility index (Phi) is 5.26. The van der Waals surface area contributed by atoms with Crippen LogP contribution in [0.4, 0.5) is 0 Å². The molecule has 5 nitrogen and oxygen atoms in total. The monoisotopic (exact) mass is 433 g/mol. The van der Waals surface area contributed by atoms with Gasteiger partial charge < -0.3 is 14.2 Å². The van der Waals surface area contributed by atoms with Crippen LogP contribution in [0.3, 0.4) is 0 Å². The number of rotatable bonds is 5. The highest BCUT2D eigenvalue weighted by Gasteiger charge is 2.35. The van der Waals surface area contributed by atoms with Crippen molar-refractivity contribution in [3.8, 4) is 17.2 Å². The molecule has 0 unspecified atom stereocenters. The molecule has 3 heterocycles. The SMILES string of the molecule is COc1ccc(/C=C2\Oc3c4c(cc(C)c3C2=O)OCN(CCc2cccs2)C4)cc1. The van der Waals surface area contributed by atoms with Gasteiger partial charge in [0, 0.05) is 18.0 Å². The fourth-order valence-electron chi connectivity index (χ4n) is 3.99. The number of allylic oxidation sites excluding steroid dienone is 1. The number of carbonyl (C=O) groups excluding carboxylic acids is 1. The van der Waals surface area contributed by atoms with Gasteiger partial charge in [-0.25, -0.2) is 0 Å². The van der Waals surface area contributed by atoms with E-state index >= 15 is 0 Å². The Hall–Kier alpha value is -3.09. The summed E-state index contributed by atoms with van der Waals surface area (Å²) in [5.74, 6) is 2.48. The van der Waals surface area contributed by atoms with E-state index in [-0.39, 0.29) is 5.78 Å². The zero-order valence-corrected chi connectivity index (χ0v) is 18.3. The van der Waals surface area contributed by atoms with Gasteiger partial charge in [0.15, 0.2) is 5.76 Å². The molecule has 2 aliphatic rings. The van der Waals surface area contributed by atoms with Crippen molar-refractivity contribution in [3.05, 3.63) is 80.7 Å². The summed E-state index contributed by atoms with van der Waals surface area (Å²) in [4.78, 5) is 16.7. The molecule has 3 aromatic rings. The van der Waals surface area contributed by atoms with E-state index in [1.54, 1.807) is 24.5 Å². The molecule has 0 spiro atoms. The Labute approximate surface area is 185 Å². The largest absolute Gasteiger partial charge is 0.497 e. The van der Waals surface area contributed by atoms with Gasteiger partial charge in [0.05, 0.1) is 18.2 Å². The predicted octanol–water partition coefficient (Wildman–Crippen LogP) is 5.08. The molecular weight excluding hydrogens is 410 g/mol. The van der Waals surface area contributed by atoms with E-state index in [1.165, 1.54) is 4.88 Å². The number of carbonyl (C=O) groups is 1. The molecule has 0 saturated carbocycles. The minimum absolute atomic E-state index is 0.0816. The van der Waals surface area contributed by atoms with Crippen molar-refractivity contribution in [2.75, 3.05) is 20.4 Å². The van der Waals surface area contributed by atoms with Gasteiger partial charge in [-0.15, -0.1) is 11.3 Å². The van der Waals surface area contributed by atoms with Crippen LogP contribution < -0.4 is 14.2 Å². The fraction of sp³-hybridized carbons (Fsp3) is 0.240. The second-order valence-corrected chi connectivity index (χ2v) is 8.77. The number of ether oxygens (including phenoxy) is 3. The highest BCUT2D eigenvalue weighted by molar-refractivity contribution is 7.09. The molecule has 0 N–H and O–H groups in total. The first-order chi connectivity index (χ1) is 15.1. The van der Waals surface area contributed by atoms with Crippen molar-refractivity contribution in [1.29, 1.82) is 0 Å². The first kappa shape index (κ1) is 19.8. The van der Waals surface area contributed by atoms with E-state index in [2.05, 4.69) is 22.4 Å². The number of Topliss-reactive ketones (excluding diaryl/α,β-unsaturated/α-hetero) is 1. The number of hydrogen-bond donors (Lipinski definition) is 0. The molecule has 0 saturated heterocycles. The number of hydrogen-bond acceptors (Lipinski definition) is 6. The van der Waals surface area contributed by atoms with Crippen LogP contribution in [0.2, 0.25) is 0 Å². The summed E-state index contributed by atoms with van der Waals surface area (Å²) in [6.07, 6.45) is 2.76. The van der Waals surface area contributed by atoms with Crippen LogP contribution in [0.5, 0.6) is 17.2 Å². The number of aryl methyl sites for hydroxylation is 1. The molecule has 6 heteroatoms. The Morgan fingerprint density at radius 1 is 1.23 bits per heavy atom. The maximum atomic E-state index is 13.1. The van der Waals surface area contributed by atoms with E-state index in [0.29, 0.717) is 30.3 Å². The molecule has 0 aliphatic carbocycles. The molecule has 2 aromatic carbocycles. The minimum atomic E-state index is -0.0816. The summed E-state index contributed by atoms with van der Waals surface area (Å²) >= 11 is 1.77. The van der Waals surface area contributed by atoms with E-state index in [0.717, 1.165) is 41.2 Å². The van der Waals surface area contributed by atoms with Gasteiger partial charge in [0.1, 0.15) is 24.0 Å². The lowest BCUT2D eigenvalue weighted by Crippen LogP contribution is -2.33. The number of fused-ring (bicyclic) bond motifs is 3. The lowest BCUT2D eigenvalue weighted by atomic mass is 9.98. The molecule has 1 aromatic heterocycles. The molecule has 0 atom stereocenters. The zero-order valence-electron chi connectivity index (χ0n) is 17.5. The Bertz CT molecular complexity index is 1150. The van der Waals surface area contributed by atoms with Crippen molar-refractivity contribution < 1.29 is 19.0 Å². The topological polar surface area (TPSA) is 48.0 Å². The summed E-state index contributed by atoms with van der Waals surface area (Å²) < 4.78 is 17.4. The molecular formula is C25H23NO4S. The maximum Gasteiger partial charge on any atom is 0.232 e. The van der Waals surface area contributed by atoms with E-state index in [9.17, 15) is 4.79 Å². The van der Waals surface area contributed by atoms with Gasteiger partial charge in [0.25, 0.3) is 0 Å². The molecule has 31 heavy (non-hydrogen) atoms. The lowest BCUT2D eigenvalue weighted by Gasteiger charge is -2.30. The number of ketones is 1. The van der Waals surface area contributed by atoms with E-state index in [1.807, 2.05) is 37.3 Å². The smallest absolute Gasteiger partial charge is 0.232 e. The summed E-state index contributed by atoms with van der Waals surface area (Å²) in [6, 6.07) is 13.7. The summed E-state index contributed by atoms with van der Waals surface area (Å²) in [5.41, 5.74) is 3.35. The minimum Gasteiger partial charge on any atom is -0.497 e. The second kappa shape index (κ2) is 8.21. The summed E-state index contributed by atoms with van der Waals surface area (Å²) in [5, 5.41) is 2.10. The third-order valence-electron chi connectivity index (χ3n) is 5.66. The quantitative estimate of drug-likeness (QED) is 0.526. The van der Waals surface area contributed by atoms with Crippen molar-refractivity contribution in [1.82, 2.24) is 4.90 Å². The van der Waals surface area contributed by atoms with E-state index in [4.69, 9.17) is 14.2 Å². The van der Waals surface area contributed by atoms with Gasteiger partial charge in [0.2, 0.25) is 5.78 Å². The molecule has 2 aliphatic heterocycles. The van der Waals surface area contributed by atoms with Crippen LogP contribution in [0, 0.1) is 6.92 Å². The fourth-order valence-corrected chi connectivity index (χ4v) is 4.69. The van der Waals surface area contributed by atoms with Gasteiger partial charge in [-0.3, -0.25) is 9.69 Å². The van der Waals surface area contributed by atoms with E-state index < -0.39 is 0 Å². The number of nitrogens with zero attached hydrogens (tertiary/aromatic N) is 1. The van der Waals surface area contributed by atoms with Crippen LogP contribution in [-0.2, 0) is 13.0 Å². The van der Waals surface area contributed by atoms with Gasteiger partial charge in [-0.1, -0.05) is 18.2 Å². The van der Waals surface area contributed by atoms with Crippen molar-refractivity contribution in [2.45, 2.75) is 19.9 Å². The third kappa shape index (κ3) is 3.84. The molecule has 158 valence electrons. The molecule has 0 radical (unpaired) electrons. The molecule has 0 bridgehead atoms. The highest BCUT2D eigenvalue weighted by Crippen LogP contribution is 2.44. The standard InChI is InChI=1S/C25H23NO4S/c1-16-12-21-20(14-26(15-29-21)10-9-19-4-3-11-31-19)25-23(16)24(27)22(30-25)13-17-5-7-18(28-2)8-6-17/h3-8,11-13H,9-10,14-15H2,1-2H3/b22-13-. The lowest BCUT2D eigenvalue weighted by molar-refractivity contribution is 0.0951. The van der Waals surface area contributed by atoms with Gasteiger partial charge >= 0.3 is 0 Å². The zero-order chi connectivity index (χ0) is 21.4. The number of methoxy groups -OCH3 is 1. The van der Waals surface area contributed by atoms with Crippen LogP contribution in [0.25, 0.3) is 6.08 Å². The van der Waals surface area contributed by atoms with Crippen molar-refractivity contribution in [3.63, 3.8) is 0 Å².